The predicted molar refractivity (Wildman–Crippen MR) is 116 cm³/mol. The number of rotatable bonds is 16. The molecule has 152 valence electrons. The zero-order chi connectivity index (χ0) is 19.2. The Morgan fingerprint density at radius 1 is 0.889 bits per heavy atom. The number of aryl methyl sites for hydroxylation is 1. The van der Waals surface area contributed by atoms with E-state index in [0.717, 1.165) is 12.4 Å². The molecule has 1 heterocycles. The average Bonchev–Trinajstić information content (AvgIpc) is 3.42. The van der Waals surface area contributed by atoms with Gasteiger partial charge in [-0.3, -0.25) is 0 Å². The normalized spacial score (nSPS) is 18.9. The van der Waals surface area contributed by atoms with Gasteiger partial charge in [0, 0.05) is 0 Å². The number of unbranched alkanes of at least 4 members (excludes halogenated alkanes) is 9. The highest BCUT2D eigenvalue weighted by atomic mass is 16.6. The molecule has 0 N–H and O–H groups in total. The van der Waals surface area contributed by atoms with Crippen molar-refractivity contribution in [2.24, 2.45) is 0 Å². The molecule has 1 aliphatic heterocycles. The highest BCUT2D eigenvalue weighted by molar-refractivity contribution is 5.27. The first-order chi connectivity index (χ1) is 13.2. The Morgan fingerprint density at radius 3 is 2.07 bits per heavy atom. The van der Waals surface area contributed by atoms with Crippen molar-refractivity contribution in [2.45, 2.75) is 96.5 Å². The molecule has 1 unspecified atom stereocenters. The van der Waals surface area contributed by atoms with Gasteiger partial charge in [-0.15, -0.1) is 0 Å². The summed E-state index contributed by atoms with van der Waals surface area (Å²) in [5.74, 6) is 0.955. The molecule has 1 aromatic carbocycles. The van der Waals surface area contributed by atoms with Gasteiger partial charge in [0.15, 0.2) is 0 Å². The van der Waals surface area contributed by atoms with E-state index in [2.05, 4.69) is 50.3 Å². The van der Waals surface area contributed by atoms with Gasteiger partial charge < -0.3 is 9.47 Å². The number of ether oxygens (including phenoxy) is 2. The SMILES string of the molecule is CC/C=C/CCCCCCCCCCCc1ccc(OCC2(C)CO2)cc1. The standard InChI is InChI=1S/C25H40O2/c1-3-4-5-6-7-8-9-10-11-12-13-14-15-16-23-17-19-24(20-18-23)26-21-25(2)22-27-25/h4-5,17-20H,3,6-16,21-22H2,1-2H3/b5-4+. The fraction of sp³-hybridized carbons (Fsp3) is 0.680. The van der Waals surface area contributed by atoms with E-state index in [1.807, 2.05) is 0 Å². The second kappa shape index (κ2) is 13.0. The molecule has 1 aliphatic rings. The van der Waals surface area contributed by atoms with Crippen molar-refractivity contribution in [2.75, 3.05) is 13.2 Å². The van der Waals surface area contributed by atoms with Crippen molar-refractivity contribution in [3.63, 3.8) is 0 Å². The second-order valence-corrected chi connectivity index (χ2v) is 8.27. The van der Waals surface area contributed by atoms with Crippen LogP contribution in [0.4, 0.5) is 0 Å². The minimum Gasteiger partial charge on any atom is -0.491 e. The third kappa shape index (κ3) is 10.6. The maximum atomic E-state index is 5.78. The molecule has 2 nitrogen and oxygen atoms in total. The van der Waals surface area contributed by atoms with Crippen LogP contribution in [-0.4, -0.2) is 18.8 Å². The summed E-state index contributed by atoms with van der Waals surface area (Å²) in [5, 5.41) is 0. The largest absolute Gasteiger partial charge is 0.491 e. The van der Waals surface area contributed by atoms with Crippen LogP contribution >= 0.6 is 0 Å². The lowest BCUT2D eigenvalue weighted by Gasteiger charge is -2.09. The molecule has 1 fully saturated rings. The van der Waals surface area contributed by atoms with Gasteiger partial charge >= 0.3 is 0 Å². The first kappa shape index (κ1) is 22.0. The minimum atomic E-state index is -0.0371. The van der Waals surface area contributed by atoms with E-state index in [1.54, 1.807) is 0 Å². The minimum absolute atomic E-state index is 0.0371. The van der Waals surface area contributed by atoms with Crippen molar-refractivity contribution in [1.29, 1.82) is 0 Å². The molecule has 1 atom stereocenters. The van der Waals surface area contributed by atoms with Crippen LogP contribution in [0.2, 0.25) is 0 Å². The molecule has 27 heavy (non-hydrogen) atoms. The van der Waals surface area contributed by atoms with Gasteiger partial charge in [-0.05, 0) is 56.7 Å². The Morgan fingerprint density at radius 2 is 1.48 bits per heavy atom. The van der Waals surface area contributed by atoms with Crippen LogP contribution in [0.3, 0.4) is 0 Å². The molecule has 0 amide bonds. The summed E-state index contributed by atoms with van der Waals surface area (Å²) < 4.78 is 11.1. The van der Waals surface area contributed by atoms with E-state index in [4.69, 9.17) is 9.47 Å². The third-order valence-corrected chi connectivity index (χ3v) is 5.34. The topological polar surface area (TPSA) is 21.8 Å². The van der Waals surface area contributed by atoms with Gasteiger partial charge in [-0.1, -0.05) is 76.2 Å². The first-order valence-electron chi connectivity index (χ1n) is 11.2. The van der Waals surface area contributed by atoms with Crippen molar-refractivity contribution >= 4 is 0 Å². The summed E-state index contributed by atoms with van der Waals surface area (Å²) in [6, 6.07) is 8.61. The number of hydrogen-bond donors (Lipinski definition) is 0. The summed E-state index contributed by atoms with van der Waals surface area (Å²) in [6.45, 7) is 5.77. The fourth-order valence-corrected chi connectivity index (χ4v) is 3.31. The van der Waals surface area contributed by atoms with E-state index < -0.39 is 0 Å². The van der Waals surface area contributed by atoms with Gasteiger partial charge in [0.1, 0.15) is 18.0 Å². The molecular formula is C25H40O2. The summed E-state index contributed by atoms with van der Waals surface area (Å²) in [7, 11) is 0. The smallest absolute Gasteiger partial charge is 0.123 e. The molecule has 2 rings (SSSR count). The molecule has 1 aromatic rings. The Bertz CT molecular complexity index is 514. The van der Waals surface area contributed by atoms with E-state index in [0.29, 0.717) is 6.61 Å². The molecule has 0 bridgehead atoms. The number of allylic oxidation sites excluding steroid dienone is 2. The Labute approximate surface area is 167 Å². The van der Waals surface area contributed by atoms with Gasteiger partial charge in [0.05, 0.1) is 6.61 Å². The van der Waals surface area contributed by atoms with Crippen LogP contribution in [-0.2, 0) is 11.2 Å². The highest BCUT2D eigenvalue weighted by Gasteiger charge is 2.40. The second-order valence-electron chi connectivity index (χ2n) is 8.27. The predicted octanol–water partition coefficient (Wildman–Crippen LogP) is 7.26. The van der Waals surface area contributed by atoms with Crippen LogP contribution in [0, 0.1) is 0 Å². The van der Waals surface area contributed by atoms with Crippen LogP contribution in [0.1, 0.15) is 90.0 Å². The summed E-state index contributed by atoms with van der Waals surface area (Å²) >= 11 is 0. The molecule has 0 aliphatic carbocycles. The summed E-state index contributed by atoms with van der Waals surface area (Å²) in [5.41, 5.74) is 1.39. The van der Waals surface area contributed by atoms with Crippen molar-refractivity contribution < 1.29 is 9.47 Å². The molecule has 0 aromatic heterocycles. The highest BCUT2D eigenvalue weighted by Crippen LogP contribution is 2.27. The fourth-order valence-electron chi connectivity index (χ4n) is 3.31. The molecule has 2 heteroatoms. The van der Waals surface area contributed by atoms with E-state index >= 15 is 0 Å². The quantitative estimate of drug-likeness (QED) is 0.173. The summed E-state index contributed by atoms with van der Waals surface area (Å²) in [4.78, 5) is 0. The molecule has 0 saturated carbocycles. The van der Waals surface area contributed by atoms with E-state index in [9.17, 15) is 0 Å². The maximum absolute atomic E-state index is 5.78. The van der Waals surface area contributed by atoms with Crippen molar-refractivity contribution in [1.82, 2.24) is 0 Å². The summed E-state index contributed by atoms with van der Waals surface area (Å²) in [6.07, 6.45) is 20.7. The van der Waals surface area contributed by atoms with E-state index in [-0.39, 0.29) is 5.60 Å². The van der Waals surface area contributed by atoms with Crippen LogP contribution in [0.25, 0.3) is 0 Å². The van der Waals surface area contributed by atoms with Crippen molar-refractivity contribution in [3.05, 3.63) is 42.0 Å². The molecule has 1 saturated heterocycles. The molecular weight excluding hydrogens is 332 g/mol. The number of hydrogen-bond acceptors (Lipinski definition) is 2. The first-order valence-corrected chi connectivity index (χ1v) is 11.2. The van der Waals surface area contributed by atoms with Gasteiger partial charge in [-0.25, -0.2) is 0 Å². The monoisotopic (exact) mass is 372 g/mol. The zero-order valence-electron chi connectivity index (χ0n) is 17.7. The van der Waals surface area contributed by atoms with Gasteiger partial charge in [0.2, 0.25) is 0 Å². The van der Waals surface area contributed by atoms with Crippen LogP contribution in [0.15, 0.2) is 36.4 Å². The Hall–Kier alpha value is -1.28. The third-order valence-electron chi connectivity index (χ3n) is 5.34. The van der Waals surface area contributed by atoms with Crippen molar-refractivity contribution in [3.8, 4) is 5.75 Å². The molecule has 0 spiro atoms. The lowest BCUT2D eigenvalue weighted by Crippen LogP contribution is -2.16. The number of epoxide rings is 1. The van der Waals surface area contributed by atoms with Crippen LogP contribution in [0.5, 0.6) is 5.75 Å². The van der Waals surface area contributed by atoms with Crippen LogP contribution < -0.4 is 4.74 Å². The Balaban J connectivity index is 1.39. The average molecular weight is 373 g/mol. The lowest BCUT2D eigenvalue weighted by atomic mass is 10.0. The van der Waals surface area contributed by atoms with E-state index in [1.165, 1.54) is 82.6 Å². The van der Waals surface area contributed by atoms with Gasteiger partial charge in [-0.2, -0.15) is 0 Å². The molecule has 0 radical (unpaired) electrons. The maximum Gasteiger partial charge on any atom is 0.123 e. The lowest BCUT2D eigenvalue weighted by molar-refractivity contribution is 0.202. The Kier molecular flexibility index (Phi) is 10.6. The van der Waals surface area contributed by atoms with Gasteiger partial charge in [0.25, 0.3) is 0 Å². The number of benzene rings is 1. The zero-order valence-corrected chi connectivity index (χ0v) is 17.7.